The van der Waals surface area contributed by atoms with Crippen LogP contribution in [0.4, 0.5) is 5.13 Å². The van der Waals surface area contributed by atoms with Crippen LogP contribution in [0.2, 0.25) is 0 Å². The first-order valence-electron chi connectivity index (χ1n) is 12.7. The molecule has 1 aliphatic rings. The van der Waals surface area contributed by atoms with Crippen LogP contribution < -0.4 is 14.4 Å². The number of sulfone groups is 1. The van der Waals surface area contributed by atoms with Crippen LogP contribution in [0.25, 0.3) is 10.2 Å². The number of aromatic nitrogens is 1. The standard InChI is InChI=1S/C27H35N3O6S2/c1-20-7-12-23(35-3)25-26(20)37-27(28-25)30(14-5-13-29-15-17-36-18-16-29)24(31)6-4-19-38(32,33)22-10-8-21(34-2)9-11-22/h7-12H,4-6,13-19H2,1-3H3. The van der Waals surface area contributed by atoms with Crippen LogP contribution >= 0.6 is 11.3 Å². The molecule has 206 valence electrons. The molecule has 3 aromatic rings. The van der Waals surface area contributed by atoms with E-state index in [1.165, 1.54) is 30.6 Å². The Labute approximate surface area is 228 Å². The van der Waals surface area contributed by atoms with Crippen LogP contribution in [0.5, 0.6) is 11.5 Å². The van der Waals surface area contributed by atoms with Gasteiger partial charge in [0.1, 0.15) is 17.0 Å². The van der Waals surface area contributed by atoms with Crippen molar-refractivity contribution in [3.63, 3.8) is 0 Å². The summed E-state index contributed by atoms with van der Waals surface area (Å²) < 4.78 is 42.7. The number of carbonyl (C=O) groups excluding carboxylic acids is 1. The van der Waals surface area contributed by atoms with Crippen molar-refractivity contribution in [1.82, 2.24) is 9.88 Å². The highest BCUT2D eigenvalue weighted by atomic mass is 32.2. The Morgan fingerprint density at radius 1 is 1.08 bits per heavy atom. The van der Waals surface area contributed by atoms with Crippen LogP contribution in [0.1, 0.15) is 24.8 Å². The van der Waals surface area contributed by atoms with Gasteiger partial charge in [-0.3, -0.25) is 14.6 Å². The SMILES string of the molecule is COc1ccc(S(=O)(=O)CCCC(=O)N(CCCN2CCOCC2)c2nc3c(OC)ccc(C)c3s2)cc1. The normalized spacial score (nSPS) is 14.5. The minimum atomic E-state index is -3.51. The van der Waals surface area contributed by atoms with Gasteiger partial charge in [-0.1, -0.05) is 17.4 Å². The van der Waals surface area contributed by atoms with Gasteiger partial charge in [0.2, 0.25) is 5.91 Å². The largest absolute Gasteiger partial charge is 0.497 e. The van der Waals surface area contributed by atoms with Crippen molar-refractivity contribution in [3.8, 4) is 11.5 Å². The summed E-state index contributed by atoms with van der Waals surface area (Å²) in [6, 6.07) is 10.2. The number of amides is 1. The Kier molecular flexibility index (Phi) is 9.59. The summed E-state index contributed by atoms with van der Waals surface area (Å²) >= 11 is 1.47. The summed E-state index contributed by atoms with van der Waals surface area (Å²) in [5.41, 5.74) is 1.80. The van der Waals surface area contributed by atoms with E-state index in [1.54, 1.807) is 24.1 Å². The minimum absolute atomic E-state index is 0.110. The van der Waals surface area contributed by atoms with Gasteiger partial charge in [0.15, 0.2) is 15.0 Å². The molecule has 2 heterocycles. The van der Waals surface area contributed by atoms with Crippen molar-refractivity contribution in [3.05, 3.63) is 42.0 Å². The van der Waals surface area contributed by atoms with E-state index in [2.05, 4.69) is 4.90 Å². The van der Waals surface area contributed by atoms with Crippen molar-refractivity contribution in [2.24, 2.45) is 0 Å². The van der Waals surface area contributed by atoms with E-state index < -0.39 is 9.84 Å². The molecule has 2 aromatic carbocycles. The van der Waals surface area contributed by atoms with Gasteiger partial charge in [-0.05, 0) is 55.7 Å². The highest BCUT2D eigenvalue weighted by Crippen LogP contribution is 2.36. The second-order valence-corrected chi connectivity index (χ2v) is 12.3. The molecule has 1 aromatic heterocycles. The number of hydrogen-bond donors (Lipinski definition) is 0. The first-order chi connectivity index (χ1) is 18.3. The Hall–Kier alpha value is -2.73. The third-order valence-corrected chi connectivity index (χ3v) is 9.66. The molecule has 38 heavy (non-hydrogen) atoms. The smallest absolute Gasteiger partial charge is 0.228 e. The molecule has 0 atom stereocenters. The summed E-state index contributed by atoms with van der Waals surface area (Å²) in [4.78, 5) is 22.5. The second-order valence-electron chi connectivity index (χ2n) is 9.21. The fraction of sp³-hybridized carbons (Fsp3) is 0.481. The van der Waals surface area contributed by atoms with Gasteiger partial charge in [0, 0.05) is 32.6 Å². The maximum atomic E-state index is 13.5. The monoisotopic (exact) mass is 561 g/mol. The first kappa shape index (κ1) is 28.3. The average Bonchev–Trinajstić information content (AvgIpc) is 3.38. The van der Waals surface area contributed by atoms with Crippen LogP contribution in [0.15, 0.2) is 41.3 Å². The molecular formula is C27H35N3O6S2. The number of carbonyl (C=O) groups is 1. The van der Waals surface area contributed by atoms with Gasteiger partial charge in [-0.15, -0.1) is 0 Å². The van der Waals surface area contributed by atoms with Crippen LogP contribution in [-0.4, -0.2) is 83.6 Å². The number of hydrogen-bond acceptors (Lipinski definition) is 9. The molecule has 4 rings (SSSR count). The molecule has 1 fully saturated rings. The molecular weight excluding hydrogens is 526 g/mol. The Balaban J connectivity index is 1.47. The van der Waals surface area contributed by atoms with Crippen LogP contribution in [0.3, 0.4) is 0 Å². The third kappa shape index (κ3) is 6.82. The van der Waals surface area contributed by atoms with Gasteiger partial charge in [0.25, 0.3) is 0 Å². The molecule has 0 N–H and O–H groups in total. The van der Waals surface area contributed by atoms with E-state index in [0.717, 1.165) is 55.0 Å². The zero-order valence-corrected chi connectivity index (χ0v) is 23.8. The zero-order chi connectivity index (χ0) is 27.1. The summed E-state index contributed by atoms with van der Waals surface area (Å²) in [7, 11) is -0.371. The lowest BCUT2D eigenvalue weighted by molar-refractivity contribution is -0.118. The minimum Gasteiger partial charge on any atom is -0.497 e. The van der Waals surface area contributed by atoms with Crippen molar-refractivity contribution < 1.29 is 27.4 Å². The number of nitrogens with zero attached hydrogens (tertiary/aromatic N) is 3. The number of thiazole rings is 1. The summed E-state index contributed by atoms with van der Waals surface area (Å²) in [6.07, 6.45) is 1.11. The van der Waals surface area contributed by atoms with E-state index >= 15 is 0 Å². The van der Waals surface area contributed by atoms with E-state index in [-0.39, 0.29) is 29.4 Å². The number of morpholine rings is 1. The molecule has 0 bridgehead atoms. The Morgan fingerprint density at radius 3 is 2.50 bits per heavy atom. The molecule has 9 nitrogen and oxygen atoms in total. The molecule has 0 saturated carbocycles. The van der Waals surface area contributed by atoms with E-state index in [4.69, 9.17) is 19.2 Å². The molecule has 1 amide bonds. The predicted molar refractivity (Wildman–Crippen MR) is 149 cm³/mol. The first-order valence-corrected chi connectivity index (χ1v) is 15.2. The van der Waals surface area contributed by atoms with Crippen molar-refractivity contribution in [2.75, 3.05) is 64.3 Å². The number of anilines is 1. The number of fused-ring (bicyclic) bond motifs is 1. The highest BCUT2D eigenvalue weighted by Gasteiger charge is 2.23. The van der Waals surface area contributed by atoms with Crippen molar-refractivity contribution in [1.29, 1.82) is 0 Å². The van der Waals surface area contributed by atoms with E-state index in [9.17, 15) is 13.2 Å². The highest BCUT2D eigenvalue weighted by molar-refractivity contribution is 7.91. The third-order valence-electron chi connectivity index (χ3n) is 6.63. The number of benzene rings is 2. The maximum absolute atomic E-state index is 13.5. The van der Waals surface area contributed by atoms with Gasteiger partial charge >= 0.3 is 0 Å². The number of aryl methyl sites for hydroxylation is 1. The van der Waals surface area contributed by atoms with Gasteiger partial charge < -0.3 is 14.2 Å². The lowest BCUT2D eigenvalue weighted by Crippen LogP contribution is -2.39. The van der Waals surface area contributed by atoms with Crippen LogP contribution in [0, 0.1) is 6.92 Å². The Morgan fingerprint density at radius 2 is 1.82 bits per heavy atom. The van der Waals surface area contributed by atoms with Crippen molar-refractivity contribution in [2.45, 2.75) is 31.1 Å². The molecule has 0 radical (unpaired) electrons. The number of methoxy groups -OCH3 is 2. The summed E-state index contributed by atoms with van der Waals surface area (Å²) in [5, 5.41) is 0.609. The van der Waals surface area contributed by atoms with Gasteiger partial charge in [0.05, 0.1) is 42.8 Å². The quantitative estimate of drug-likeness (QED) is 0.328. The molecule has 0 aliphatic carbocycles. The lowest BCUT2D eigenvalue weighted by Gasteiger charge is -2.27. The average molecular weight is 562 g/mol. The van der Waals surface area contributed by atoms with Crippen LogP contribution in [-0.2, 0) is 19.4 Å². The summed E-state index contributed by atoms with van der Waals surface area (Å²) in [5.74, 6) is 1.01. The van der Waals surface area contributed by atoms with Gasteiger partial charge in [-0.2, -0.15) is 0 Å². The van der Waals surface area contributed by atoms with E-state index in [1.807, 2.05) is 19.1 Å². The molecule has 1 aliphatic heterocycles. The van der Waals surface area contributed by atoms with Gasteiger partial charge in [-0.25, -0.2) is 13.4 Å². The molecule has 11 heteroatoms. The summed E-state index contributed by atoms with van der Waals surface area (Å²) in [6.45, 7) is 6.58. The Bertz CT molecular complexity index is 1330. The van der Waals surface area contributed by atoms with Crippen molar-refractivity contribution >= 4 is 42.4 Å². The molecule has 0 unspecified atom stereocenters. The zero-order valence-electron chi connectivity index (χ0n) is 22.1. The number of ether oxygens (including phenoxy) is 3. The maximum Gasteiger partial charge on any atom is 0.228 e. The second kappa shape index (κ2) is 12.9. The number of rotatable bonds is 12. The molecule has 0 spiro atoms. The fourth-order valence-electron chi connectivity index (χ4n) is 4.43. The fourth-order valence-corrected chi connectivity index (χ4v) is 6.84. The van der Waals surface area contributed by atoms with E-state index in [0.29, 0.717) is 23.2 Å². The lowest BCUT2D eigenvalue weighted by atomic mass is 10.2. The predicted octanol–water partition coefficient (Wildman–Crippen LogP) is 3.93. The topological polar surface area (TPSA) is 98.3 Å². The molecule has 1 saturated heterocycles.